The number of nitrogens with one attached hydrogen (secondary N) is 1. The van der Waals surface area contributed by atoms with Gasteiger partial charge in [-0.15, -0.1) is 0 Å². The van der Waals surface area contributed by atoms with Crippen molar-refractivity contribution in [2.45, 2.75) is 63.5 Å². The summed E-state index contributed by atoms with van der Waals surface area (Å²) in [5, 5.41) is 4.20. The van der Waals surface area contributed by atoms with Gasteiger partial charge in [-0.3, -0.25) is 0 Å². The Morgan fingerprint density at radius 3 is 2.28 bits per heavy atom. The molecule has 0 aromatic heterocycles. The Morgan fingerprint density at radius 2 is 1.67 bits per heavy atom. The normalized spacial score (nSPS) is 19.7. The highest BCUT2D eigenvalue weighted by Gasteiger charge is 2.42. The first-order valence-electron chi connectivity index (χ1n) is 7.32. The summed E-state index contributed by atoms with van der Waals surface area (Å²) in [7, 11) is -1.13. The van der Waals surface area contributed by atoms with Crippen molar-refractivity contribution in [3.05, 3.63) is 35.9 Å². The highest BCUT2D eigenvalue weighted by atomic mass is 28.3. The van der Waals surface area contributed by atoms with Gasteiger partial charge >= 0.3 is 0 Å². The molecule has 1 saturated heterocycles. The van der Waals surface area contributed by atoms with Gasteiger partial charge in [0.2, 0.25) is 0 Å². The van der Waals surface area contributed by atoms with E-state index in [0.29, 0.717) is 5.16 Å². The van der Waals surface area contributed by atoms with Crippen LogP contribution < -0.4 is 5.32 Å². The van der Waals surface area contributed by atoms with Gasteiger partial charge in [0.05, 0.1) is 8.07 Å². The second-order valence-electron chi connectivity index (χ2n) is 6.59. The molecule has 1 aliphatic rings. The number of benzene rings is 1. The molecule has 0 bridgehead atoms. The van der Waals surface area contributed by atoms with Crippen molar-refractivity contribution in [3.8, 4) is 0 Å². The summed E-state index contributed by atoms with van der Waals surface area (Å²) in [6, 6.07) is 13.8. The van der Waals surface area contributed by atoms with Crippen LogP contribution in [-0.2, 0) is 6.54 Å². The minimum Gasteiger partial charge on any atom is -0.310 e. The Balaban J connectivity index is 1.98. The average molecular weight is 261 g/mol. The van der Waals surface area contributed by atoms with Crippen LogP contribution in [0, 0.1) is 0 Å². The molecule has 1 N–H and O–H groups in total. The zero-order chi connectivity index (χ0) is 13.1. The Morgan fingerprint density at radius 1 is 1.06 bits per heavy atom. The van der Waals surface area contributed by atoms with Gasteiger partial charge < -0.3 is 5.32 Å². The second-order valence-corrected chi connectivity index (χ2v) is 12.0. The van der Waals surface area contributed by atoms with Crippen molar-refractivity contribution >= 4 is 8.07 Å². The van der Waals surface area contributed by atoms with E-state index in [1.807, 2.05) is 0 Å². The zero-order valence-electron chi connectivity index (χ0n) is 12.1. The third-order valence-electron chi connectivity index (χ3n) is 5.04. The van der Waals surface area contributed by atoms with Crippen LogP contribution in [0.3, 0.4) is 0 Å². The molecule has 1 nitrogen and oxygen atoms in total. The third-order valence-corrected chi connectivity index (χ3v) is 11.2. The van der Waals surface area contributed by atoms with Gasteiger partial charge in [-0.05, 0) is 19.4 Å². The van der Waals surface area contributed by atoms with Crippen LogP contribution in [-0.4, -0.2) is 13.2 Å². The van der Waals surface area contributed by atoms with Crippen molar-refractivity contribution in [2.75, 3.05) is 0 Å². The molecule has 0 radical (unpaired) electrons. The largest absolute Gasteiger partial charge is 0.310 e. The fourth-order valence-corrected chi connectivity index (χ4v) is 7.17. The minimum absolute atomic E-state index is 0.350. The lowest BCUT2D eigenvalue weighted by molar-refractivity contribution is 0.487. The monoisotopic (exact) mass is 261 g/mol. The predicted molar refractivity (Wildman–Crippen MR) is 82.4 cm³/mol. The van der Waals surface area contributed by atoms with Gasteiger partial charge in [-0.2, -0.15) is 0 Å². The van der Waals surface area contributed by atoms with E-state index < -0.39 is 8.07 Å². The van der Waals surface area contributed by atoms with Crippen LogP contribution >= 0.6 is 0 Å². The van der Waals surface area contributed by atoms with Crippen LogP contribution in [0.5, 0.6) is 0 Å². The van der Waals surface area contributed by atoms with E-state index in [1.54, 1.807) is 0 Å². The quantitative estimate of drug-likeness (QED) is 0.794. The molecule has 0 spiro atoms. The maximum Gasteiger partial charge on any atom is 0.0728 e. The molecule has 0 amide bonds. The topological polar surface area (TPSA) is 12.0 Å². The number of hydrogen-bond donors (Lipinski definition) is 1. The molecule has 1 fully saturated rings. The third kappa shape index (κ3) is 3.04. The molecule has 0 saturated carbocycles. The summed E-state index contributed by atoms with van der Waals surface area (Å²) in [6.45, 7) is 8.49. The summed E-state index contributed by atoms with van der Waals surface area (Å²) in [4.78, 5) is 0. The lowest BCUT2D eigenvalue weighted by atomic mass is 10.2. The Labute approximate surface area is 113 Å². The van der Waals surface area contributed by atoms with E-state index in [0.717, 1.165) is 6.54 Å². The van der Waals surface area contributed by atoms with Crippen molar-refractivity contribution in [1.29, 1.82) is 0 Å². The molecule has 0 atom stereocenters. The van der Waals surface area contributed by atoms with E-state index >= 15 is 0 Å². The fraction of sp³-hybridized carbons (Fsp3) is 0.625. The predicted octanol–water partition coefficient (Wildman–Crippen LogP) is 4.36. The van der Waals surface area contributed by atoms with Crippen LogP contribution in [0.15, 0.2) is 30.3 Å². The number of hydrogen-bond acceptors (Lipinski definition) is 1. The molecule has 1 aliphatic heterocycles. The van der Waals surface area contributed by atoms with Crippen LogP contribution in [0.1, 0.15) is 38.7 Å². The maximum atomic E-state index is 3.85. The van der Waals surface area contributed by atoms with Gasteiger partial charge in [0.25, 0.3) is 0 Å². The molecule has 1 heterocycles. The lowest BCUT2D eigenvalue weighted by Gasteiger charge is -2.46. The average Bonchev–Trinajstić information content (AvgIpc) is 2.38. The Bertz CT molecular complexity index is 366. The highest BCUT2D eigenvalue weighted by molar-refractivity contribution is 6.81. The first-order chi connectivity index (χ1) is 8.54. The van der Waals surface area contributed by atoms with Gasteiger partial charge in [0.1, 0.15) is 0 Å². The first kappa shape index (κ1) is 13.8. The van der Waals surface area contributed by atoms with E-state index in [-0.39, 0.29) is 0 Å². The molecule has 100 valence electrons. The summed E-state index contributed by atoms with van der Waals surface area (Å²) in [6.07, 6.45) is 4.37. The molecule has 2 rings (SSSR count). The SMILES string of the molecule is CC(C)(NCc1ccccc1)[Si]1(C)CCCCC1. The Kier molecular flexibility index (Phi) is 4.28. The smallest absolute Gasteiger partial charge is 0.0728 e. The van der Waals surface area contributed by atoms with Crippen molar-refractivity contribution in [1.82, 2.24) is 5.32 Å². The summed E-state index contributed by atoms with van der Waals surface area (Å²) < 4.78 is 0. The van der Waals surface area contributed by atoms with E-state index in [9.17, 15) is 0 Å². The summed E-state index contributed by atoms with van der Waals surface area (Å²) >= 11 is 0. The zero-order valence-corrected chi connectivity index (χ0v) is 13.1. The summed E-state index contributed by atoms with van der Waals surface area (Å²) in [5.74, 6) is 0. The molecular weight excluding hydrogens is 234 g/mol. The van der Waals surface area contributed by atoms with Gasteiger partial charge in [-0.1, -0.05) is 68.2 Å². The Hall–Kier alpha value is -0.603. The fourth-order valence-electron chi connectivity index (χ4n) is 3.09. The van der Waals surface area contributed by atoms with E-state index in [4.69, 9.17) is 0 Å². The van der Waals surface area contributed by atoms with Crippen molar-refractivity contribution in [2.24, 2.45) is 0 Å². The van der Waals surface area contributed by atoms with E-state index in [1.165, 1.54) is 36.9 Å². The van der Waals surface area contributed by atoms with Crippen LogP contribution in [0.2, 0.25) is 18.6 Å². The maximum absolute atomic E-state index is 3.85. The molecule has 2 heteroatoms. The van der Waals surface area contributed by atoms with Gasteiger partial charge in [-0.25, -0.2) is 0 Å². The van der Waals surface area contributed by atoms with Crippen molar-refractivity contribution < 1.29 is 0 Å². The number of rotatable bonds is 4. The summed E-state index contributed by atoms with van der Waals surface area (Å²) in [5.41, 5.74) is 1.40. The van der Waals surface area contributed by atoms with Crippen LogP contribution in [0.25, 0.3) is 0 Å². The standard InChI is InChI=1S/C16H27NSi/c1-16(2,18(3)12-8-5-9-13-18)17-14-15-10-6-4-7-11-15/h4,6-7,10-11,17H,5,8-9,12-14H2,1-3H3. The minimum atomic E-state index is -1.13. The second kappa shape index (κ2) is 5.58. The molecule has 0 aliphatic carbocycles. The van der Waals surface area contributed by atoms with E-state index in [2.05, 4.69) is 56.0 Å². The van der Waals surface area contributed by atoms with Gasteiger partial charge in [0, 0.05) is 11.7 Å². The lowest BCUT2D eigenvalue weighted by Crippen LogP contribution is -2.61. The first-order valence-corrected chi connectivity index (χ1v) is 10.2. The van der Waals surface area contributed by atoms with Crippen molar-refractivity contribution in [3.63, 3.8) is 0 Å². The molecule has 0 unspecified atom stereocenters. The molecule has 1 aromatic carbocycles. The molecule has 18 heavy (non-hydrogen) atoms. The highest BCUT2D eigenvalue weighted by Crippen LogP contribution is 2.36. The van der Waals surface area contributed by atoms with Crippen LogP contribution in [0.4, 0.5) is 0 Å². The molecule has 1 aromatic rings. The molecular formula is C16H27NSi. The van der Waals surface area contributed by atoms with Gasteiger partial charge in [0.15, 0.2) is 0 Å².